The number of rotatable bonds is 7. The molecule has 25 heavy (non-hydrogen) atoms. The highest BCUT2D eigenvalue weighted by Gasteiger charge is 2.12. The van der Waals surface area contributed by atoms with Crippen LogP contribution in [0.3, 0.4) is 0 Å². The van der Waals surface area contributed by atoms with Gasteiger partial charge in [0.1, 0.15) is 0 Å². The SMILES string of the molecule is CN(C)CCc1cn(-c2ccccc2)nc1Nc1cnccc1C=O. The molecule has 6 nitrogen and oxygen atoms in total. The van der Waals surface area contributed by atoms with Crippen LogP contribution in [0.15, 0.2) is 55.0 Å². The summed E-state index contributed by atoms with van der Waals surface area (Å²) in [5.74, 6) is 0.738. The van der Waals surface area contributed by atoms with Gasteiger partial charge in [0.05, 0.1) is 17.6 Å². The van der Waals surface area contributed by atoms with E-state index in [0.29, 0.717) is 11.3 Å². The van der Waals surface area contributed by atoms with E-state index in [2.05, 4.69) is 20.3 Å². The van der Waals surface area contributed by atoms with E-state index < -0.39 is 0 Å². The van der Waals surface area contributed by atoms with E-state index in [1.165, 1.54) is 0 Å². The molecule has 1 N–H and O–H groups in total. The van der Waals surface area contributed by atoms with Crippen molar-refractivity contribution in [1.82, 2.24) is 19.7 Å². The minimum absolute atomic E-state index is 0.558. The van der Waals surface area contributed by atoms with Crippen LogP contribution in [0.2, 0.25) is 0 Å². The zero-order valence-electron chi connectivity index (χ0n) is 14.4. The van der Waals surface area contributed by atoms with Crippen molar-refractivity contribution < 1.29 is 4.79 Å². The van der Waals surface area contributed by atoms with E-state index in [0.717, 1.165) is 36.3 Å². The molecule has 2 aromatic heterocycles. The number of aromatic nitrogens is 3. The van der Waals surface area contributed by atoms with E-state index in [4.69, 9.17) is 0 Å². The monoisotopic (exact) mass is 335 g/mol. The Hall–Kier alpha value is -2.99. The molecule has 3 rings (SSSR count). The molecule has 1 aromatic carbocycles. The van der Waals surface area contributed by atoms with Crippen LogP contribution >= 0.6 is 0 Å². The summed E-state index contributed by atoms with van der Waals surface area (Å²) in [5, 5.41) is 7.93. The molecule has 3 aromatic rings. The lowest BCUT2D eigenvalue weighted by Crippen LogP contribution is -2.15. The van der Waals surface area contributed by atoms with Crippen LogP contribution in [0.4, 0.5) is 11.5 Å². The van der Waals surface area contributed by atoms with Gasteiger partial charge in [0.15, 0.2) is 12.1 Å². The van der Waals surface area contributed by atoms with Crippen LogP contribution in [0.25, 0.3) is 5.69 Å². The van der Waals surface area contributed by atoms with Gasteiger partial charge in [-0.3, -0.25) is 9.78 Å². The second-order valence-electron chi connectivity index (χ2n) is 6.04. The normalized spacial score (nSPS) is 10.8. The van der Waals surface area contributed by atoms with Gasteiger partial charge >= 0.3 is 0 Å². The van der Waals surface area contributed by atoms with Crippen molar-refractivity contribution >= 4 is 17.8 Å². The van der Waals surface area contributed by atoms with Gasteiger partial charge < -0.3 is 10.2 Å². The molecule has 0 aliphatic heterocycles. The molecule has 0 aliphatic rings. The van der Waals surface area contributed by atoms with E-state index in [1.54, 1.807) is 18.5 Å². The highest BCUT2D eigenvalue weighted by molar-refractivity contribution is 5.85. The third-order valence-electron chi connectivity index (χ3n) is 3.87. The number of anilines is 2. The van der Waals surface area contributed by atoms with Crippen molar-refractivity contribution in [3.05, 3.63) is 66.1 Å². The third kappa shape index (κ3) is 4.10. The third-order valence-corrected chi connectivity index (χ3v) is 3.87. The average Bonchev–Trinajstić information content (AvgIpc) is 3.04. The predicted octanol–water partition coefficient (Wildman–Crippen LogP) is 2.93. The van der Waals surface area contributed by atoms with E-state index >= 15 is 0 Å². The number of carbonyl (C=O) groups excluding carboxylic acids is 1. The largest absolute Gasteiger partial charge is 0.337 e. The Balaban J connectivity index is 1.95. The zero-order chi connectivity index (χ0) is 17.6. The van der Waals surface area contributed by atoms with Crippen LogP contribution in [0.1, 0.15) is 15.9 Å². The number of carbonyl (C=O) groups is 1. The first-order valence-corrected chi connectivity index (χ1v) is 8.12. The lowest BCUT2D eigenvalue weighted by Gasteiger charge is -2.10. The molecular weight excluding hydrogens is 314 g/mol. The topological polar surface area (TPSA) is 63.1 Å². The van der Waals surface area contributed by atoms with Crippen molar-refractivity contribution in [3.63, 3.8) is 0 Å². The van der Waals surface area contributed by atoms with Crippen LogP contribution in [-0.4, -0.2) is 46.6 Å². The number of hydrogen-bond acceptors (Lipinski definition) is 5. The minimum Gasteiger partial charge on any atom is -0.337 e. The summed E-state index contributed by atoms with van der Waals surface area (Å²) in [6.45, 7) is 0.905. The lowest BCUT2D eigenvalue weighted by atomic mass is 10.2. The Morgan fingerprint density at radius 1 is 1.20 bits per heavy atom. The quantitative estimate of drug-likeness (QED) is 0.673. The van der Waals surface area contributed by atoms with Crippen molar-refractivity contribution in [2.75, 3.05) is 26.0 Å². The molecule has 0 fully saturated rings. The fourth-order valence-corrected chi connectivity index (χ4v) is 2.49. The number of nitrogens with zero attached hydrogens (tertiary/aromatic N) is 4. The van der Waals surface area contributed by atoms with Crippen LogP contribution in [0.5, 0.6) is 0 Å². The molecule has 0 aliphatic carbocycles. The van der Waals surface area contributed by atoms with Crippen LogP contribution in [0, 0.1) is 0 Å². The number of nitrogens with one attached hydrogen (secondary N) is 1. The van der Waals surface area contributed by atoms with Gasteiger partial charge in [-0.2, -0.15) is 0 Å². The second kappa shape index (κ2) is 7.72. The number of hydrogen-bond donors (Lipinski definition) is 1. The van der Waals surface area contributed by atoms with Gasteiger partial charge in [-0.25, -0.2) is 4.68 Å². The molecule has 0 unspecified atom stereocenters. The number of benzene rings is 1. The summed E-state index contributed by atoms with van der Waals surface area (Å²) in [6.07, 6.45) is 6.93. The van der Waals surface area contributed by atoms with E-state index in [9.17, 15) is 4.79 Å². The maximum Gasteiger partial charge on any atom is 0.156 e. The van der Waals surface area contributed by atoms with Gasteiger partial charge in [-0.15, -0.1) is 5.10 Å². The molecule has 0 saturated heterocycles. The molecule has 0 bridgehead atoms. The average molecular weight is 335 g/mol. The van der Waals surface area contributed by atoms with Crippen molar-refractivity contribution in [2.45, 2.75) is 6.42 Å². The Morgan fingerprint density at radius 3 is 2.72 bits per heavy atom. The highest BCUT2D eigenvalue weighted by Crippen LogP contribution is 2.23. The van der Waals surface area contributed by atoms with Gasteiger partial charge in [0.25, 0.3) is 0 Å². The smallest absolute Gasteiger partial charge is 0.156 e. The Kier molecular flexibility index (Phi) is 5.20. The molecule has 2 heterocycles. The molecular formula is C19H21N5O. The van der Waals surface area contributed by atoms with Gasteiger partial charge in [0.2, 0.25) is 0 Å². The Morgan fingerprint density at radius 2 is 2.00 bits per heavy atom. The van der Waals surface area contributed by atoms with Crippen LogP contribution in [-0.2, 0) is 6.42 Å². The van der Waals surface area contributed by atoms with Crippen molar-refractivity contribution in [1.29, 1.82) is 0 Å². The molecule has 0 saturated carbocycles. The summed E-state index contributed by atoms with van der Waals surface area (Å²) in [6, 6.07) is 11.6. The van der Waals surface area contributed by atoms with Crippen molar-refractivity contribution in [3.8, 4) is 5.69 Å². The summed E-state index contributed by atoms with van der Waals surface area (Å²) in [4.78, 5) is 17.5. The Labute approximate surface area is 147 Å². The molecule has 0 spiro atoms. The molecule has 0 amide bonds. The maximum absolute atomic E-state index is 11.2. The first-order valence-electron chi connectivity index (χ1n) is 8.12. The predicted molar refractivity (Wildman–Crippen MR) is 98.7 cm³/mol. The van der Waals surface area contributed by atoms with Gasteiger partial charge in [0, 0.05) is 30.1 Å². The lowest BCUT2D eigenvalue weighted by molar-refractivity contribution is 0.112. The summed E-state index contributed by atoms with van der Waals surface area (Å²) >= 11 is 0. The van der Waals surface area contributed by atoms with Crippen molar-refractivity contribution in [2.24, 2.45) is 0 Å². The summed E-state index contributed by atoms with van der Waals surface area (Å²) in [7, 11) is 4.08. The van der Waals surface area contributed by atoms with Crippen LogP contribution < -0.4 is 5.32 Å². The first kappa shape index (κ1) is 16.9. The molecule has 128 valence electrons. The highest BCUT2D eigenvalue weighted by atomic mass is 16.1. The maximum atomic E-state index is 11.2. The minimum atomic E-state index is 0.558. The van der Waals surface area contributed by atoms with Gasteiger partial charge in [-0.05, 0) is 38.7 Å². The van der Waals surface area contributed by atoms with E-state index in [1.807, 2.05) is 55.3 Å². The number of aldehydes is 1. The summed E-state index contributed by atoms with van der Waals surface area (Å²) in [5.41, 5.74) is 3.28. The zero-order valence-corrected chi connectivity index (χ0v) is 14.4. The molecule has 0 radical (unpaired) electrons. The van der Waals surface area contributed by atoms with Gasteiger partial charge in [-0.1, -0.05) is 18.2 Å². The molecule has 6 heteroatoms. The Bertz CT molecular complexity index is 842. The first-order chi connectivity index (χ1) is 12.2. The molecule has 0 atom stereocenters. The fourth-order valence-electron chi connectivity index (χ4n) is 2.49. The number of para-hydroxylation sites is 1. The summed E-state index contributed by atoms with van der Waals surface area (Å²) < 4.78 is 1.85. The standard InChI is InChI=1S/C19H21N5O/c1-23(2)11-9-15-13-24(17-6-4-3-5-7-17)22-19(15)21-18-12-20-10-8-16(18)14-25/h3-8,10,12-14H,9,11H2,1-2H3,(H,21,22). The second-order valence-corrected chi connectivity index (χ2v) is 6.04. The number of pyridine rings is 1. The number of likely N-dealkylation sites (N-methyl/N-ethyl adjacent to an activating group) is 1. The fraction of sp³-hybridized carbons (Fsp3) is 0.211. The van der Waals surface area contributed by atoms with E-state index in [-0.39, 0.29) is 0 Å².